The van der Waals surface area contributed by atoms with Crippen molar-refractivity contribution in [2.75, 3.05) is 0 Å². The van der Waals surface area contributed by atoms with Crippen LogP contribution in [0.4, 0.5) is 0 Å². The molecule has 1 unspecified atom stereocenters. The predicted octanol–water partition coefficient (Wildman–Crippen LogP) is 2.18. The molecule has 0 heterocycles. The number of hydrogen-bond donors (Lipinski definition) is 3. The lowest BCUT2D eigenvalue weighted by molar-refractivity contribution is 0.114. The molecule has 16 heavy (non-hydrogen) atoms. The minimum Gasteiger partial charge on any atom is -0.302 e. The van der Waals surface area contributed by atoms with E-state index in [1.807, 2.05) is 13.8 Å². The zero-order valence-corrected chi connectivity index (χ0v) is 11.1. The van der Waals surface area contributed by atoms with Gasteiger partial charge in [-0.1, -0.05) is 26.7 Å². The Labute approximate surface area is 94.6 Å². The Morgan fingerprint density at radius 2 is 1.50 bits per heavy atom. The number of rotatable bonds is 8. The van der Waals surface area contributed by atoms with E-state index in [9.17, 15) is 9.13 Å². The molecule has 0 bridgehead atoms. The Bertz CT molecular complexity index is 280. The van der Waals surface area contributed by atoms with Gasteiger partial charge in [0.15, 0.2) is 0 Å². The van der Waals surface area contributed by atoms with Gasteiger partial charge in [-0.25, -0.2) is 9.13 Å². The van der Waals surface area contributed by atoms with E-state index >= 15 is 0 Å². The normalized spacial score (nSPS) is 16.4. The second-order valence-corrected chi connectivity index (χ2v) is 6.13. The first-order valence-corrected chi connectivity index (χ1v) is 8.01. The van der Waals surface area contributed by atoms with Gasteiger partial charge in [0.2, 0.25) is 0 Å². The van der Waals surface area contributed by atoms with Crippen molar-refractivity contribution in [3.63, 3.8) is 0 Å². The van der Waals surface area contributed by atoms with Gasteiger partial charge in [-0.3, -0.25) is 4.52 Å². The first-order valence-electron chi connectivity index (χ1n) is 4.98. The predicted molar refractivity (Wildman–Crippen MR) is 57.6 cm³/mol. The summed E-state index contributed by atoms with van der Waals surface area (Å²) < 4.78 is 30.0. The van der Waals surface area contributed by atoms with E-state index in [1.54, 1.807) is 0 Å². The molecule has 0 radical (unpaired) electrons. The molecule has 98 valence electrons. The van der Waals surface area contributed by atoms with Crippen molar-refractivity contribution in [3.05, 3.63) is 0 Å². The van der Waals surface area contributed by atoms with Gasteiger partial charge in [0.25, 0.3) is 0 Å². The molecule has 0 aromatic rings. The van der Waals surface area contributed by atoms with E-state index in [0.717, 1.165) is 12.8 Å². The van der Waals surface area contributed by atoms with Crippen LogP contribution in [-0.4, -0.2) is 20.8 Å². The third-order valence-corrected chi connectivity index (χ3v) is 3.95. The third-order valence-electron chi connectivity index (χ3n) is 1.71. The summed E-state index contributed by atoms with van der Waals surface area (Å²) in [7, 11) is -9.71. The molecule has 0 aromatic carbocycles. The maximum absolute atomic E-state index is 11.2. The molecule has 0 aliphatic rings. The standard InChI is InChI=1S/C7H18O7P2/c1-3-5-7(6-4-2)13-16(11,12)14-15(8,9)10/h7H,3-6H2,1-2H3,(H,11,12)(H2,8,9,10). The summed E-state index contributed by atoms with van der Waals surface area (Å²) >= 11 is 0. The average molecular weight is 276 g/mol. The van der Waals surface area contributed by atoms with E-state index in [4.69, 9.17) is 19.2 Å². The lowest BCUT2D eigenvalue weighted by Crippen LogP contribution is -2.11. The van der Waals surface area contributed by atoms with Crippen LogP contribution >= 0.6 is 15.6 Å². The zero-order chi connectivity index (χ0) is 12.8. The Balaban J connectivity index is 4.40. The van der Waals surface area contributed by atoms with Crippen molar-refractivity contribution in [1.82, 2.24) is 0 Å². The molecule has 1 atom stereocenters. The van der Waals surface area contributed by atoms with E-state index < -0.39 is 21.7 Å². The van der Waals surface area contributed by atoms with Crippen LogP contribution in [0.15, 0.2) is 0 Å². The number of phosphoric acid groups is 2. The molecule has 3 N–H and O–H groups in total. The van der Waals surface area contributed by atoms with Gasteiger partial charge in [0, 0.05) is 0 Å². The second kappa shape index (κ2) is 6.87. The molecule has 9 heteroatoms. The molecule has 0 aromatic heterocycles. The monoisotopic (exact) mass is 276 g/mol. The SMILES string of the molecule is CCCC(CCC)OP(=O)(O)OP(=O)(O)O. The first kappa shape index (κ1) is 16.3. The highest BCUT2D eigenvalue weighted by atomic mass is 31.3. The van der Waals surface area contributed by atoms with Crippen molar-refractivity contribution in [2.24, 2.45) is 0 Å². The molecule has 0 amide bonds. The Hall–Kier alpha value is 0.260. The highest BCUT2D eigenvalue weighted by Gasteiger charge is 2.34. The van der Waals surface area contributed by atoms with E-state index in [2.05, 4.69) is 4.31 Å². The minimum absolute atomic E-state index is 0.530. The molecular weight excluding hydrogens is 258 g/mol. The lowest BCUT2D eigenvalue weighted by atomic mass is 10.1. The van der Waals surface area contributed by atoms with Crippen molar-refractivity contribution in [3.8, 4) is 0 Å². The fourth-order valence-corrected chi connectivity index (χ4v) is 3.05. The van der Waals surface area contributed by atoms with Crippen LogP contribution in [-0.2, 0) is 18.0 Å². The van der Waals surface area contributed by atoms with Gasteiger partial charge in [0.1, 0.15) is 0 Å². The summed E-state index contributed by atoms with van der Waals surface area (Å²) in [6.07, 6.45) is 2.00. The number of hydrogen-bond acceptors (Lipinski definition) is 4. The van der Waals surface area contributed by atoms with Crippen LogP contribution in [0.1, 0.15) is 39.5 Å². The van der Waals surface area contributed by atoms with Gasteiger partial charge in [-0.15, -0.1) is 0 Å². The van der Waals surface area contributed by atoms with Gasteiger partial charge in [-0.05, 0) is 12.8 Å². The Morgan fingerprint density at radius 1 is 1.06 bits per heavy atom. The first-order chi connectivity index (χ1) is 7.20. The zero-order valence-electron chi connectivity index (χ0n) is 9.27. The summed E-state index contributed by atoms with van der Waals surface area (Å²) in [5, 5.41) is 0. The van der Waals surface area contributed by atoms with Gasteiger partial charge in [0.05, 0.1) is 6.10 Å². The molecule has 0 aliphatic carbocycles. The van der Waals surface area contributed by atoms with E-state index in [0.29, 0.717) is 12.8 Å². The average Bonchev–Trinajstić information content (AvgIpc) is 1.98. The summed E-state index contributed by atoms with van der Waals surface area (Å²) in [5.41, 5.74) is 0. The molecule has 0 fully saturated rings. The van der Waals surface area contributed by atoms with Crippen LogP contribution in [0.3, 0.4) is 0 Å². The maximum Gasteiger partial charge on any atom is 0.481 e. The fraction of sp³-hybridized carbons (Fsp3) is 1.00. The quantitative estimate of drug-likeness (QED) is 0.582. The summed E-state index contributed by atoms with van der Waals surface area (Å²) in [5.74, 6) is 0. The smallest absolute Gasteiger partial charge is 0.302 e. The van der Waals surface area contributed by atoms with Crippen molar-refractivity contribution in [2.45, 2.75) is 45.6 Å². The lowest BCUT2D eigenvalue weighted by Gasteiger charge is -2.19. The minimum atomic E-state index is -5.02. The Kier molecular flexibility index (Phi) is 6.98. The van der Waals surface area contributed by atoms with Crippen LogP contribution in [0.5, 0.6) is 0 Å². The molecule has 7 nitrogen and oxygen atoms in total. The third kappa shape index (κ3) is 8.42. The number of phosphoric ester groups is 1. The molecule has 0 rings (SSSR count). The highest BCUT2D eigenvalue weighted by molar-refractivity contribution is 7.60. The molecule has 0 spiro atoms. The Morgan fingerprint density at radius 3 is 1.81 bits per heavy atom. The van der Waals surface area contributed by atoms with E-state index in [1.165, 1.54) is 0 Å². The van der Waals surface area contributed by atoms with Crippen LogP contribution < -0.4 is 0 Å². The van der Waals surface area contributed by atoms with Gasteiger partial charge >= 0.3 is 15.6 Å². The second-order valence-electron chi connectivity index (χ2n) is 3.35. The molecular formula is C7H18O7P2. The highest BCUT2D eigenvalue weighted by Crippen LogP contribution is 2.58. The van der Waals surface area contributed by atoms with Crippen LogP contribution in [0.2, 0.25) is 0 Å². The van der Waals surface area contributed by atoms with Gasteiger partial charge in [-0.2, -0.15) is 4.31 Å². The topological polar surface area (TPSA) is 113 Å². The molecule has 0 aliphatic heterocycles. The fourth-order valence-electron chi connectivity index (χ4n) is 1.24. The maximum atomic E-state index is 11.2. The summed E-state index contributed by atoms with van der Waals surface area (Å²) in [6.45, 7) is 3.75. The molecule has 0 saturated heterocycles. The van der Waals surface area contributed by atoms with Crippen molar-refractivity contribution in [1.29, 1.82) is 0 Å². The summed E-state index contributed by atoms with van der Waals surface area (Å²) in [4.78, 5) is 25.9. The summed E-state index contributed by atoms with van der Waals surface area (Å²) in [6, 6.07) is 0. The molecule has 0 saturated carbocycles. The van der Waals surface area contributed by atoms with E-state index in [-0.39, 0.29) is 0 Å². The largest absolute Gasteiger partial charge is 0.481 e. The van der Waals surface area contributed by atoms with Crippen molar-refractivity contribution < 1.29 is 32.6 Å². The van der Waals surface area contributed by atoms with Crippen LogP contribution in [0, 0.1) is 0 Å². The van der Waals surface area contributed by atoms with Crippen molar-refractivity contribution >= 4 is 15.6 Å². The van der Waals surface area contributed by atoms with Crippen LogP contribution in [0.25, 0.3) is 0 Å². The van der Waals surface area contributed by atoms with Gasteiger partial charge < -0.3 is 14.7 Å².